The highest BCUT2D eigenvalue weighted by Gasteiger charge is 2.49. The summed E-state index contributed by atoms with van der Waals surface area (Å²) in [5.74, 6) is -1.12. The summed E-state index contributed by atoms with van der Waals surface area (Å²) >= 11 is 0. The zero-order chi connectivity index (χ0) is 11.0. The van der Waals surface area contributed by atoms with Gasteiger partial charge >= 0.3 is 8.80 Å². The van der Waals surface area contributed by atoms with Crippen molar-refractivity contribution < 1.29 is 17.7 Å². The number of halogens is 1. The van der Waals surface area contributed by atoms with E-state index in [1.54, 1.807) is 6.92 Å². The lowest BCUT2D eigenvalue weighted by Gasteiger charge is -2.30. The van der Waals surface area contributed by atoms with E-state index in [2.05, 4.69) is 0 Å². The normalized spacial score (nSPS) is 14.4. The van der Waals surface area contributed by atoms with Gasteiger partial charge in [0.2, 0.25) is 0 Å². The Balaban J connectivity index is 4.53. The summed E-state index contributed by atoms with van der Waals surface area (Å²) in [7, 11) is -3.07. The molecular weight excluding hydrogens is 203 g/mol. The van der Waals surface area contributed by atoms with Gasteiger partial charge in [-0.25, -0.2) is 4.39 Å². The minimum Gasteiger partial charge on any atom is -0.372 e. The summed E-state index contributed by atoms with van der Waals surface area (Å²) < 4.78 is 29.8. The van der Waals surface area contributed by atoms with Crippen LogP contribution in [0.1, 0.15) is 34.1 Å². The molecule has 0 rings (SSSR count). The minimum absolute atomic E-state index is 0.367. The quantitative estimate of drug-likeness (QED) is 0.592. The van der Waals surface area contributed by atoms with Gasteiger partial charge < -0.3 is 13.3 Å². The van der Waals surface area contributed by atoms with Gasteiger partial charge in [0.1, 0.15) is 0 Å². The van der Waals surface area contributed by atoms with E-state index < -0.39 is 14.6 Å². The van der Waals surface area contributed by atoms with Crippen molar-refractivity contribution in [3.63, 3.8) is 0 Å². The lowest BCUT2D eigenvalue weighted by atomic mass is 10.5. The first-order chi connectivity index (χ1) is 6.66. The molecule has 3 nitrogen and oxygen atoms in total. The first kappa shape index (κ1) is 14.0. The minimum atomic E-state index is -3.07. The summed E-state index contributed by atoms with van der Waals surface area (Å²) in [6.07, 6.45) is 0.367. The van der Waals surface area contributed by atoms with Gasteiger partial charge in [0.05, 0.1) is 0 Å². The van der Waals surface area contributed by atoms with Crippen molar-refractivity contribution in [1.82, 2.24) is 0 Å². The summed E-state index contributed by atoms with van der Waals surface area (Å²) in [4.78, 5) is 0. The zero-order valence-electron chi connectivity index (χ0n) is 9.51. The Bertz CT molecular complexity index is 129. The number of alkyl halides is 1. The van der Waals surface area contributed by atoms with Crippen LogP contribution in [0.25, 0.3) is 0 Å². The first-order valence-corrected chi connectivity index (χ1v) is 7.02. The molecule has 0 saturated carbocycles. The maximum atomic E-state index is 13.7. The molecule has 1 atom stereocenters. The standard InChI is InChI=1S/C9H21FO3Si/c1-5-9(10)14(11-6-2,12-7-3)13-8-4/h9H,5-8H2,1-4H3. The van der Waals surface area contributed by atoms with Crippen LogP contribution in [-0.2, 0) is 13.3 Å². The second-order valence-electron chi connectivity index (χ2n) is 2.78. The van der Waals surface area contributed by atoms with Gasteiger partial charge in [-0.1, -0.05) is 6.92 Å². The van der Waals surface area contributed by atoms with Gasteiger partial charge in [-0.15, -0.1) is 0 Å². The largest absolute Gasteiger partial charge is 0.536 e. The average molecular weight is 224 g/mol. The molecule has 0 fully saturated rings. The highest BCUT2D eigenvalue weighted by molar-refractivity contribution is 6.62. The molecule has 0 amide bonds. The van der Waals surface area contributed by atoms with E-state index >= 15 is 0 Å². The number of hydrogen-bond acceptors (Lipinski definition) is 3. The fourth-order valence-electron chi connectivity index (χ4n) is 1.25. The molecule has 0 heterocycles. The second-order valence-corrected chi connectivity index (χ2v) is 5.48. The van der Waals surface area contributed by atoms with E-state index in [0.29, 0.717) is 26.2 Å². The lowest BCUT2D eigenvalue weighted by molar-refractivity contribution is 0.0429. The van der Waals surface area contributed by atoms with Gasteiger partial charge in [0.25, 0.3) is 0 Å². The highest BCUT2D eigenvalue weighted by Crippen LogP contribution is 2.20. The van der Waals surface area contributed by atoms with E-state index in [1.165, 1.54) is 0 Å². The molecule has 0 aliphatic rings. The molecule has 0 N–H and O–H groups in total. The maximum absolute atomic E-state index is 13.7. The Morgan fingerprint density at radius 1 is 0.929 bits per heavy atom. The van der Waals surface area contributed by atoms with Gasteiger partial charge in [-0.2, -0.15) is 0 Å². The van der Waals surface area contributed by atoms with Crippen LogP contribution in [0, 0.1) is 0 Å². The molecule has 0 aromatic rings. The monoisotopic (exact) mass is 224 g/mol. The van der Waals surface area contributed by atoms with Crippen molar-refractivity contribution in [2.24, 2.45) is 0 Å². The van der Waals surface area contributed by atoms with Crippen LogP contribution in [0.15, 0.2) is 0 Å². The number of rotatable bonds is 8. The molecule has 0 aliphatic heterocycles. The summed E-state index contributed by atoms with van der Waals surface area (Å²) in [5.41, 5.74) is 0. The molecule has 0 aromatic carbocycles. The van der Waals surface area contributed by atoms with Gasteiger partial charge in [-0.05, 0) is 27.2 Å². The van der Waals surface area contributed by atoms with E-state index in [4.69, 9.17) is 13.3 Å². The topological polar surface area (TPSA) is 27.7 Å². The van der Waals surface area contributed by atoms with Crippen molar-refractivity contribution in [3.05, 3.63) is 0 Å². The Kier molecular flexibility index (Phi) is 7.35. The molecule has 0 bridgehead atoms. The van der Waals surface area contributed by atoms with E-state index in [-0.39, 0.29) is 0 Å². The highest BCUT2D eigenvalue weighted by atomic mass is 28.4. The van der Waals surface area contributed by atoms with E-state index in [0.717, 1.165) is 0 Å². The first-order valence-electron chi connectivity index (χ1n) is 5.22. The predicted molar refractivity (Wildman–Crippen MR) is 55.8 cm³/mol. The van der Waals surface area contributed by atoms with Crippen LogP contribution in [0.3, 0.4) is 0 Å². The molecular formula is C9H21FO3Si. The van der Waals surface area contributed by atoms with Crippen LogP contribution >= 0.6 is 0 Å². The van der Waals surface area contributed by atoms with Gasteiger partial charge in [-0.3, -0.25) is 0 Å². The van der Waals surface area contributed by atoms with Crippen LogP contribution in [0.5, 0.6) is 0 Å². The fraction of sp³-hybridized carbons (Fsp3) is 1.00. The molecule has 0 saturated heterocycles. The Hall–Kier alpha value is 0.0269. The smallest absolute Gasteiger partial charge is 0.372 e. The summed E-state index contributed by atoms with van der Waals surface area (Å²) in [6.45, 7) is 8.50. The zero-order valence-corrected chi connectivity index (χ0v) is 10.5. The van der Waals surface area contributed by atoms with Gasteiger partial charge in [0, 0.05) is 19.8 Å². The average Bonchev–Trinajstić information content (AvgIpc) is 2.17. The Labute approximate surface area is 86.9 Å². The molecule has 0 aromatic heterocycles. The maximum Gasteiger partial charge on any atom is 0.536 e. The molecule has 1 unspecified atom stereocenters. The lowest BCUT2D eigenvalue weighted by Crippen LogP contribution is -2.54. The van der Waals surface area contributed by atoms with E-state index in [1.807, 2.05) is 20.8 Å². The van der Waals surface area contributed by atoms with Crippen LogP contribution in [0.2, 0.25) is 0 Å². The SMILES string of the molecule is CCO[Si](OCC)(OCC)C(F)CC. The van der Waals surface area contributed by atoms with Gasteiger partial charge in [0.15, 0.2) is 5.79 Å². The second kappa shape index (κ2) is 7.34. The van der Waals surface area contributed by atoms with E-state index in [9.17, 15) is 4.39 Å². The van der Waals surface area contributed by atoms with Crippen LogP contribution in [0.4, 0.5) is 4.39 Å². The van der Waals surface area contributed by atoms with Crippen molar-refractivity contribution in [1.29, 1.82) is 0 Å². The molecule has 0 spiro atoms. The molecule has 86 valence electrons. The van der Waals surface area contributed by atoms with Crippen molar-refractivity contribution >= 4 is 8.80 Å². The van der Waals surface area contributed by atoms with Crippen LogP contribution < -0.4 is 0 Å². The molecule has 0 radical (unpaired) electrons. The summed E-state index contributed by atoms with van der Waals surface area (Å²) in [6, 6.07) is 0. The molecule has 5 heteroatoms. The third-order valence-corrected chi connectivity index (χ3v) is 5.03. The fourth-order valence-corrected chi connectivity index (χ4v) is 3.75. The third-order valence-electron chi connectivity index (χ3n) is 1.78. The summed E-state index contributed by atoms with van der Waals surface area (Å²) in [5, 5.41) is 0. The van der Waals surface area contributed by atoms with Crippen molar-refractivity contribution in [2.45, 2.75) is 39.9 Å². The molecule has 0 aliphatic carbocycles. The molecule has 14 heavy (non-hydrogen) atoms. The Morgan fingerprint density at radius 3 is 1.50 bits per heavy atom. The predicted octanol–water partition coefficient (Wildman–Crippen LogP) is 2.32. The van der Waals surface area contributed by atoms with Crippen molar-refractivity contribution in [3.8, 4) is 0 Å². The Morgan fingerprint density at radius 2 is 1.29 bits per heavy atom. The van der Waals surface area contributed by atoms with Crippen molar-refractivity contribution in [2.75, 3.05) is 19.8 Å². The van der Waals surface area contributed by atoms with Crippen LogP contribution in [-0.4, -0.2) is 34.4 Å². The third kappa shape index (κ3) is 3.65. The number of hydrogen-bond donors (Lipinski definition) is 0.